The molecule has 2 aromatic rings. The lowest BCUT2D eigenvalue weighted by Crippen LogP contribution is -2.19. The maximum absolute atomic E-state index is 10.5. The van der Waals surface area contributed by atoms with Crippen LogP contribution in [0.1, 0.15) is 12.5 Å². The molecule has 2 aromatic carbocycles. The second-order valence-electron chi connectivity index (χ2n) is 5.54. The van der Waals surface area contributed by atoms with E-state index in [0.717, 1.165) is 22.1 Å². The van der Waals surface area contributed by atoms with Crippen LogP contribution in [-0.2, 0) is 5.60 Å². The summed E-state index contributed by atoms with van der Waals surface area (Å²) < 4.78 is 5.22. The fourth-order valence-corrected chi connectivity index (χ4v) is 2.10. The van der Waals surface area contributed by atoms with Crippen LogP contribution in [0.5, 0.6) is 5.75 Å². The molecule has 1 atom stereocenters. The molecule has 0 bridgehead atoms. The van der Waals surface area contributed by atoms with E-state index in [2.05, 4.69) is 11.8 Å². The number of methoxy groups -OCH3 is 1. The zero-order chi connectivity index (χ0) is 15.5. The second kappa shape index (κ2) is 6.17. The first-order valence-electron chi connectivity index (χ1n) is 6.88. The molecule has 0 aliphatic rings. The molecule has 0 amide bonds. The van der Waals surface area contributed by atoms with E-state index in [1.54, 1.807) is 14.0 Å². The maximum Gasteiger partial charge on any atom is 0.148 e. The molecule has 0 fully saturated rings. The van der Waals surface area contributed by atoms with Gasteiger partial charge in [-0.3, -0.25) is 4.90 Å². The van der Waals surface area contributed by atoms with Gasteiger partial charge < -0.3 is 9.84 Å². The van der Waals surface area contributed by atoms with E-state index in [4.69, 9.17) is 4.74 Å². The molecule has 0 spiro atoms. The highest BCUT2D eigenvalue weighted by atomic mass is 16.5. The Labute approximate surface area is 126 Å². The first-order chi connectivity index (χ1) is 9.92. The van der Waals surface area contributed by atoms with E-state index < -0.39 is 5.60 Å². The molecule has 0 aliphatic carbocycles. The highest BCUT2D eigenvalue weighted by molar-refractivity contribution is 5.84. The fraction of sp³-hybridized carbons (Fsp3) is 0.333. The molecule has 0 saturated carbocycles. The highest BCUT2D eigenvalue weighted by Crippen LogP contribution is 2.26. The number of hydrogen-bond acceptors (Lipinski definition) is 3. The van der Waals surface area contributed by atoms with Crippen molar-refractivity contribution >= 4 is 10.8 Å². The summed E-state index contributed by atoms with van der Waals surface area (Å²) in [6, 6.07) is 11.7. The van der Waals surface area contributed by atoms with Crippen LogP contribution in [0.25, 0.3) is 10.8 Å². The van der Waals surface area contributed by atoms with Gasteiger partial charge in [0.05, 0.1) is 13.7 Å². The Kier molecular flexibility index (Phi) is 4.52. The van der Waals surface area contributed by atoms with Crippen molar-refractivity contribution in [3.05, 3.63) is 42.0 Å². The predicted molar refractivity (Wildman–Crippen MR) is 86.4 cm³/mol. The molecule has 1 N–H and O–H groups in total. The topological polar surface area (TPSA) is 32.7 Å². The number of hydrogen-bond donors (Lipinski definition) is 1. The lowest BCUT2D eigenvalue weighted by molar-refractivity contribution is 0.122. The van der Waals surface area contributed by atoms with Gasteiger partial charge in [0.15, 0.2) is 0 Å². The summed E-state index contributed by atoms with van der Waals surface area (Å²) in [5.74, 6) is 6.76. The van der Waals surface area contributed by atoms with Crippen molar-refractivity contribution in [2.24, 2.45) is 0 Å². The van der Waals surface area contributed by atoms with E-state index in [1.807, 2.05) is 55.4 Å². The van der Waals surface area contributed by atoms with Gasteiger partial charge in [-0.15, -0.1) is 0 Å². The average Bonchev–Trinajstić information content (AvgIpc) is 2.45. The van der Waals surface area contributed by atoms with Crippen molar-refractivity contribution in [1.82, 2.24) is 4.90 Å². The van der Waals surface area contributed by atoms with Crippen LogP contribution in [0.3, 0.4) is 0 Å². The Morgan fingerprint density at radius 2 is 1.81 bits per heavy atom. The minimum absolute atomic E-state index is 0.626. The van der Waals surface area contributed by atoms with Crippen LogP contribution in [0.2, 0.25) is 0 Å². The highest BCUT2D eigenvalue weighted by Gasteiger charge is 2.20. The Morgan fingerprint density at radius 1 is 1.14 bits per heavy atom. The van der Waals surface area contributed by atoms with Gasteiger partial charge in [0.25, 0.3) is 0 Å². The first kappa shape index (κ1) is 15.4. The summed E-state index contributed by atoms with van der Waals surface area (Å²) in [7, 11) is 5.56. The molecule has 3 heteroatoms. The number of fused-ring (bicyclic) bond motifs is 1. The van der Waals surface area contributed by atoms with Gasteiger partial charge in [0.2, 0.25) is 0 Å². The fourth-order valence-electron chi connectivity index (χ4n) is 2.10. The molecule has 3 nitrogen and oxygen atoms in total. The van der Waals surface area contributed by atoms with Crippen molar-refractivity contribution in [3.8, 4) is 17.6 Å². The quantitative estimate of drug-likeness (QED) is 0.879. The summed E-state index contributed by atoms with van der Waals surface area (Å²) in [6.07, 6.45) is 0. The van der Waals surface area contributed by atoms with E-state index >= 15 is 0 Å². The lowest BCUT2D eigenvalue weighted by Gasteiger charge is -2.18. The van der Waals surface area contributed by atoms with Crippen LogP contribution < -0.4 is 4.74 Å². The smallest absolute Gasteiger partial charge is 0.148 e. The normalized spacial score (nSPS) is 13.6. The van der Waals surface area contributed by atoms with Crippen LogP contribution in [0.15, 0.2) is 36.4 Å². The molecule has 0 aliphatic heterocycles. The Balaban J connectivity index is 2.34. The molecule has 0 heterocycles. The number of nitrogens with zero attached hydrogens (tertiary/aromatic N) is 1. The SMILES string of the molecule is COc1ccc2cc(C(C)(O)C#CCN(C)C)ccc2c1. The zero-order valence-electron chi connectivity index (χ0n) is 13.0. The van der Waals surface area contributed by atoms with Crippen molar-refractivity contribution in [3.63, 3.8) is 0 Å². The molecule has 0 saturated heterocycles. The van der Waals surface area contributed by atoms with Gasteiger partial charge in [0, 0.05) is 0 Å². The summed E-state index contributed by atoms with van der Waals surface area (Å²) >= 11 is 0. The monoisotopic (exact) mass is 283 g/mol. The molecule has 0 aromatic heterocycles. The summed E-state index contributed by atoms with van der Waals surface area (Å²) in [4.78, 5) is 1.97. The first-order valence-corrected chi connectivity index (χ1v) is 6.88. The van der Waals surface area contributed by atoms with Crippen molar-refractivity contribution in [2.75, 3.05) is 27.7 Å². The van der Waals surface area contributed by atoms with Crippen molar-refractivity contribution in [1.29, 1.82) is 0 Å². The van der Waals surface area contributed by atoms with Crippen LogP contribution in [0, 0.1) is 11.8 Å². The molecule has 110 valence electrons. The number of rotatable bonds is 3. The second-order valence-corrected chi connectivity index (χ2v) is 5.54. The Hall–Kier alpha value is -2.02. The molecule has 0 radical (unpaired) electrons. The molecular weight excluding hydrogens is 262 g/mol. The van der Waals surface area contributed by atoms with E-state index in [0.29, 0.717) is 6.54 Å². The van der Waals surface area contributed by atoms with Crippen LogP contribution in [-0.4, -0.2) is 37.8 Å². The minimum atomic E-state index is -1.15. The third-order valence-corrected chi connectivity index (χ3v) is 3.34. The van der Waals surface area contributed by atoms with Crippen molar-refractivity contribution < 1.29 is 9.84 Å². The Bertz CT molecular complexity index is 693. The van der Waals surface area contributed by atoms with E-state index in [9.17, 15) is 5.11 Å². The largest absolute Gasteiger partial charge is 0.497 e. The number of aliphatic hydroxyl groups is 1. The predicted octanol–water partition coefficient (Wildman–Crippen LogP) is 2.62. The van der Waals surface area contributed by atoms with Crippen LogP contribution >= 0.6 is 0 Å². The molecular formula is C18H21NO2. The van der Waals surface area contributed by atoms with E-state index in [-0.39, 0.29) is 0 Å². The van der Waals surface area contributed by atoms with E-state index in [1.165, 1.54) is 0 Å². The van der Waals surface area contributed by atoms with Gasteiger partial charge in [-0.2, -0.15) is 0 Å². The molecule has 2 rings (SSSR count). The van der Waals surface area contributed by atoms with Gasteiger partial charge in [-0.1, -0.05) is 30.0 Å². The minimum Gasteiger partial charge on any atom is -0.497 e. The molecule has 21 heavy (non-hydrogen) atoms. The third-order valence-electron chi connectivity index (χ3n) is 3.34. The van der Waals surface area contributed by atoms with Gasteiger partial charge in [-0.05, 0) is 55.6 Å². The zero-order valence-corrected chi connectivity index (χ0v) is 13.0. The maximum atomic E-state index is 10.5. The number of ether oxygens (including phenoxy) is 1. The molecule has 1 unspecified atom stereocenters. The Morgan fingerprint density at radius 3 is 2.48 bits per heavy atom. The summed E-state index contributed by atoms with van der Waals surface area (Å²) in [6.45, 7) is 2.35. The average molecular weight is 283 g/mol. The standard InChI is InChI=1S/C18H21NO2/c1-18(20,10-5-11-19(2)3)16-8-6-15-13-17(21-4)9-7-14(15)12-16/h6-9,12-13,20H,11H2,1-4H3. The third kappa shape index (κ3) is 3.75. The lowest BCUT2D eigenvalue weighted by atomic mass is 9.94. The summed E-state index contributed by atoms with van der Waals surface area (Å²) in [5, 5.41) is 12.7. The van der Waals surface area contributed by atoms with Crippen molar-refractivity contribution in [2.45, 2.75) is 12.5 Å². The van der Waals surface area contributed by atoms with Gasteiger partial charge in [-0.25, -0.2) is 0 Å². The van der Waals surface area contributed by atoms with Gasteiger partial charge >= 0.3 is 0 Å². The van der Waals surface area contributed by atoms with Gasteiger partial charge in [0.1, 0.15) is 11.4 Å². The number of benzene rings is 2. The summed E-state index contributed by atoms with van der Waals surface area (Å²) in [5.41, 5.74) is -0.351. The van der Waals surface area contributed by atoms with Crippen LogP contribution in [0.4, 0.5) is 0 Å².